The number of nitrogens with zero attached hydrogens (tertiary/aromatic N) is 1. The molecule has 28 heavy (non-hydrogen) atoms. The molecule has 0 unspecified atom stereocenters. The molecule has 8 heteroatoms. The Morgan fingerprint density at radius 2 is 2.14 bits per heavy atom. The highest BCUT2D eigenvalue weighted by atomic mass is 32.1. The highest BCUT2D eigenvalue weighted by Crippen LogP contribution is 2.28. The van der Waals surface area contributed by atoms with Crippen LogP contribution in [0.25, 0.3) is 0 Å². The van der Waals surface area contributed by atoms with Crippen molar-refractivity contribution in [3.8, 4) is 0 Å². The van der Waals surface area contributed by atoms with Gasteiger partial charge in [0.15, 0.2) is 4.99 Å². The van der Waals surface area contributed by atoms with Gasteiger partial charge in [-0.25, -0.2) is 13.6 Å². The van der Waals surface area contributed by atoms with Crippen molar-refractivity contribution in [2.45, 2.75) is 51.7 Å². The summed E-state index contributed by atoms with van der Waals surface area (Å²) in [6.45, 7) is 6.33. The lowest BCUT2D eigenvalue weighted by molar-refractivity contribution is -0.146. The first-order valence-electron chi connectivity index (χ1n) is 9.30. The smallest absolute Gasteiger partial charge is 0.366 e. The van der Waals surface area contributed by atoms with Gasteiger partial charge in [0.05, 0.1) is 13.2 Å². The average Bonchev–Trinajstić information content (AvgIpc) is 3.06. The van der Waals surface area contributed by atoms with Gasteiger partial charge >= 0.3 is 5.97 Å². The third-order valence-electron chi connectivity index (χ3n) is 4.74. The molecule has 0 spiro atoms. The van der Waals surface area contributed by atoms with E-state index in [1.165, 1.54) is 6.07 Å². The summed E-state index contributed by atoms with van der Waals surface area (Å²) < 4.78 is 32.7. The Balaban J connectivity index is 1.56. The number of halogens is 2. The molecule has 1 atom stereocenters. The van der Waals surface area contributed by atoms with E-state index < -0.39 is 23.2 Å². The Hall–Kier alpha value is -2.22. The summed E-state index contributed by atoms with van der Waals surface area (Å²) in [5, 5.41) is 6.16. The normalized spacial score (nSPS) is 18.8. The molecule has 1 aliphatic heterocycles. The first-order chi connectivity index (χ1) is 13.1. The van der Waals surface area contributed by atoms with Gasteiger partial charge in [0.2, 0.25) is 0 Å². The van der Waals surface area contributed by atoms with Gasteiger partial charge in [-0.15, -0.1) is 0 Å². The molecule has 0 saturated carbocycles. The highest BCUT2D eigenvalue weighted by Gasteiger charge is 2.28. The first-order valence-corrected chi connectivity index (χ1v) is 9.71. The molecule has 0 saturated heterocycles. The first kappa shape index (κ1) is 20.5. The zero-order chi connectivity index (χ0) is 20.5. The molecular formula is C20H25F2N3O2S. The number of esters is 1. The number of thiocarbonyl (C=S) groups is 1. The van der Waals surface area contributed by atoms with Crippen LogP contribution in [0.2, 0.25) is 0 Å². The van der Waals surface area contributed by atoms with Gasteiger partial charge in [-0.1, -0.05) is 12.2 Å². The van der Waals surface area contributed by atoms with Crippen LogP contribution in [0.15, 0.2) is 24.0 Å². The third kappa shape index (κ3) is 4.98. The standard InChI is InChI=1S/C20H25F2N3O2S/c1-20(2,3)27-19(26)18(28)23-9-14-10-25(11-24-14)15-4-5-16-12(7-15)6-13(21)8-17(16)22/h6,8,10,15,24H,4-5,7,9,11H2,1-3H3,(H,23,28)/t15-/m0/s1. The summed E-state index contributed by atoms with van der Waals surface area (Å²) in [5.41, 5.74) is 1.65. The number of fused-ring (bicyclic) bond motifs is 1. The second-order valence-electron chi connectivity index (χ2n) is 8.11. The monoisotopic (exact) mass is 409 g/mol. The number of nitrogens with one attached hydrogen (secondary N) is 2. The van der Waals surface area contributed by atoms with E-state index in [2.05, 4.69) is 15.5 Å². The Morgan fingerprint density at radius 3 is 2.86 bits per heavy atom. The number of benzene rings is 1. The quantitative estimate of drug-likeness (QED) is 0.592. The van der Waals surface area contributed by atoms with Crippen LogP contribution in [0.1, 0.15) is 38.3 Å². The van der Waals surface area contributed by atoms with Crippen molar-refractivity contribution in [3.63, 3.8) is 0 Å². The van der Waals surface area contributed by atoms with E-state index in [0.29, 0.717) is 31.6 Å². The maximum Gasteiger partial charge on any atom is 0.366 e. The van der Waals surface area contributed by atoms with Crippen molar-refractivity contribution in [2.24, 2.45) is 0 Å². The summed E-state index contributed by atoms with van der Waals surface area (Å²) in [4.78, 5) is 14.1. The van der Waals surface area contributed by atoms with E-state index in [1.54, 1.807) is 20.8 Å². The number of hydrogen-bond acceptors (Lipinski definition) is 5. The number of carbonyl (C=O) groups is 1. The fourth-order valence-electron chi connectivity index (χ4n) is 3.47. The van der Waals surface area contributed by atoms with Crippen molar-refractivity contribution in [1.82, 2.24) is 15.5 Å². The van der Waals surface area contributed by atoms with Crippen molar-refractivity contribution in [2.75, 3.05) is 13.2 Å². The Bertz CT molecular complexity index is 820. The van der Waals surface area contributed by atoms with Crippen LogP contribution in [-0.4, -0.2) is 40.7 Å². The van der Waals surface area contributed by atoms with Crippen LogP contribution in [0.3, 0.4) is 0 Å². The Kier molecular flexibility index (Phi) is 5.88. The zero-order valence-electron chi connectivity index (χ0n) is 16.3. The largest absolute Gasteiger partial charge is 0.455 e. The van der Waals surface area contributed by atoms with E-state index in [-0.39, 0.29) is 11.0 Å². The van der Waals surface area contributed by atoms with E-state index >= 15 is 0 Å². The molecule has 0 bridgehead atoms. The molecule has 3 rings (SSSR count). The summed E-state index contributed by atoms with van der Waals surface area (Å²) >= 11 is 5.08. The molecule has 2 N–H and O–H groups in total. The maximum atomic E-state index is 13.9. The van der Waals surface area contributed by atoms with Crippen molar-refractivity contribution in [1.29, 1.82) is 0 Å². The molecule has 1 aliphatic carbocycles. The minimum absolute atomic E-state index is 0.0358. The van der Waals surface area contributed by atoms with Gasteiger partial charge in [0.1, 0.15) is 17.2 Å². The lowest BCUT2D eigenvalue weighted by atomic mass is 9.87. The lowest BCUT2D eigenvalue weighted by Crippen LogP contribution is -2.38. The van der Waals surface area contributed by atoms with Gasteiger partial charge in [-0.3, -0.25) is 0 Å². The SMILES string of the molecule is CC(C)(C)OC(=O)C(=S)NCC1=CN([C@H]2CCc3c(F)cc(F)cc3C2)CN1. The molecular weight excluding hydrogens is 384 g/mol. The van der Waals surface area contributed by atoms with E-state index in [4.69, 9.17) is 17.0 Å². The molecule has 0 amide bonds. The average molecular weight is 410 g/mol. The number of hydrogen-bond donors (Lipinski definition) is 2. The topological polar surface area (TPSA) is 53.6 Å². The maximum absolute atomic E-state index is 13.9. The number of rotatable bonds is 3. The summed E-state index contributed by atoms with van der Waals surface area (Å²) in [6.07, 6.45) is 3.95. The molecule has 2 aliphatic rings. The van der Waals surface area contributed by atoms with E-state index in [0.717, 1.165) is 23.7 Å². The minimum Gasteiger partial charge on any atom is -0.455 e. The van der Waals surface area contributed by atoms with Crippen molar-refractivity contribution >= 4 is 23.2 Å². The van der Waals surface area contributed by atoms with Crippen LogP contribution < -0.4 is 10.6 Å². The molecule has 0 aromatic heterocycles. The van der Waals surface area contributed by atoms with E-state index in [1.807, 2.05) is 6.20 Å². The summed E-state index contributed by atoms with van der Waals surface area (Å²) in [5.74, 6) is -1.54. The zero-order valence-corrected chi connectivity index (χ0v) is 17.1. The highest BCUT2D eigenvalue weighted by molar-refractivity contribution is 7.81. The number of carbonyl (C=O) groups excluding carboxylic acids is 1. The van der Waals surface area contributed by atoms with Crippen molar-refractivity contribution < 1.29 is 18.3 Å². The lowest BCUT2D eigenvalue weighted by Gasteiger charge is -2.32. The van der Waals surface area contributed by atoms with Crippen molar-refractivity contribution in [3.05, 3.63) is 46.8 Å². The second kappa shape index (κ2) is 8.03. The molecule has 0 radical (unpaired) electrons. The Morgan fingerprint density at radius 1 is 1.39 bits per heavy atom. The molecule has 1 heterocycles. The van der Waals surface area contributed by atoms with Gasteiger partial charge in [0.25, 0.3) is 0 Å². The predicted molar refractivity (Wildman–Crippen MR) is 107 cm³/mol. The van der Waals surface area contributed by atoms with Crippen LogP contribution in [0.5, 0.6) is 0 Å². The molecule has 5 nitrogen and oxygen atoms in total. The molecule has 1 aromatic carbocycles. The minimum atomic E-state index is -0.597. The molecule has 0 fully saturated rings. The second-order valence-corrected chi connectivity index (χ2v) is 8.52. The van der Waals surface area contributed by atoms with Gasteiger partial charge in [0, 0.05) is 24.0 Å². The van der Waals surface area contributed by atoms with Crippen LogP contribution in [0.4, 0.5) is 8.78 Å². The van der Waals surface area contributed by atoms with Crippen LogP contribution in [0, 0.1) is 11.6 Å². The van der Waals surface area contributed by atoms with E-state index in [9.17, 15) is 13.6 Å². The van der Waals surface area contributed by atoms with Gasteiger partial charge in [-0.2, -0.15) is 0 Å². The van der Waals surface area contributed by atoms with Gasteiger partial charge < -0.3 is 20.3 Å². The molecule has 152 valence electrons. The van der Waals surface area contributed by atoms with Crippen LogP contribution in [-0.2, 0) is 22.4 Å². The number of ether oxygens (including phenoxy) is 1. The Labute approximate surface area is 169 Å². The fourth-order valence-corrected chi connectivity index (χ4v) is 3.58. The summed E-state index contributed by atoms with van der Waals surface area (Å²) in [6, 6.07) is 2.55. The van der Waals surface area contributed by atoms with Crippen LogP contribution >= 0.6 is 12.2 Å². The predicted octanol–water partition coefficient (Wildman–Crippen LogP) is 2.78. The van der Waals surface area contributed by atoms with Gasteiger partial charge in [-0.05, 0) is 57.2 Å². The summed E-state index contributed by atoms with van der Waals surface area (Å²) in [7, 11) is 0. The molecule has 1 aromatic rings. The third-order valence-corrected chi connectivity index (χ3v) is 5.05. The fraction of sp³-hybridized carbons (Fsp3) is 0.500.